The number of hydrogen-bond acceptors (Lipinski definition) is 4. The molecule has 2 heterocycles. The van der Waals surface area contributed by atoms with Crippen LogP contribution >= 0.6 is 0 Å². The number of piperazine rings is 1. The highest BCUT2D eigenvalue weighted by Gasteiger charge is 2.28. The molecule has 0 aromatic carbocycles. The molecule has 0 saturated carbocycles. The SMILES string of the molecule is CCC1CNC(CC(C)C)CN1Cc1c(C)noc1C. The highest BCUT2D eigenvalue weighted by Crippen LogP contribution is 2.21. The molecule has 1 aliphatic heterocycles. The lowest BCUT2D eigenvalue weighted by Crippen LogP contribution is -2.56. The summed E-state index contributed by atoms with van der Waals surface area (Å²) in [5.41, 5.74) is 2.31. The molecule has 0 amide bonds. The number of nitrogens with zero attached hydrogens (tertiary/aromatic N) is 2. The van der Waals surface area contributed by atoms with Gasteiger partial charge >= 0.3 is 0 Å². The Labute approximate surface area is 122 Å². The van der Waals surface area contributed by atoms with Crippen LogP contribution in [-0.2, 0) is 6.54 Å². The minimum absolute atomic E-state index is 0.610. The summed E-state index contributed by atoms with van der Waals surface area (Å²) in [5.74, 6) is 1.71. The first-order chi connectivity index (χ1) is 9.51. The normalized spacial score (nSPS) is 24.5. The molecule has 1 aliphatic rings. The summed E-state index contributed by atoms with van der Waals surface area (Å²) in [6, 6.07) is 1.23. The maximum absolute atomic E-state index is 5.30. The first-order valence-corrected chi connectivity index (χ1v) is 7.90. The molecule has 0 bridgehead atoms. The number of rotatable bonds is 5. The van der Waals surface area contributed by atoms with Crippen LogP contribution in [0.1, 0.15) is 50.6 Å². The van der Waals surface area contributed by atoms with E-state index < -0.39 is 0 Å². The van der Waals surface area contributed by atoms with Gasteiger partial charge in [-0.2, -0.15) is 0 Å². The molecule has 2 unspecified atom stereocenters. The summed E-state index contributed by atoms with van der Waals surface area (Å²) in [7, 11) is 0. The fraction of sp³-hybridized carbons (Fsp3) is 0.812. The number of aryl methyl sites for hydroxylation is 2. The van der Waals surface area contributed by atoms with E-state index in [0.717, 1.165) is 37.0 Å². The van der Waals surface area contributed by atoms with Gasteiger partial charge in [-0.25, -0.2) is 0 Å². The molecule has 114 valence electrons. The fourth-order valence-corrected chi connectivity index (χ4v) is 3.18. The Kier molecular flexibility index (Phi) is 5.22. The molecule has 0 spiro atoms. The van der Waals surface area contributed by atoms with Crippen molar-refractivity contribution in [1.82, 2.24) is 15.4 Å². The van der Waals surface area contributed by atoms with Crippen molar-refractivity contribution in [3.63, 3.8) is 0 Å². The van der Waals surface area contributed by atoms with Gasteiger partial charge in [0.2, 0.25) is 0 Å². The monoisotopic (exact) mass is 279 g/mol. The van der Waals surface area contributed by atoms with Crippen molar-refractivity contribution in [3.8, 4) is 0 Å². The Morgan fingerprint density at radius 1 is 1.40 bits per heavy atom. The zero-order chi connectivity index (χ0) is 14.7. The highest BCUT2D eigenvalue weighted by molar-refractivity contribution is 5.20. The van der Waals surface area contributed by atoms with Gasteiger partial charge in [-0.3, -0.25) is 4.90 Å². The van der Waals surface area contributed by atoms with Crippen LogP contribution < -0.4 is 5.32 Å². The quantitative estimate of drug-likeness (QED) is 0.900. The second-order valence-electron chi connectivity index (χ2n) is 6.53. The standard InChI is InChI=1S/C16H29N3O/c1-6-15-8-17-14(7-11(2)3)9-19(15)10-16-12(4)18-20-13(16)5/h11,14-15,17H,6-10H2,1-5H3. The lowest BCUT2D eigenvalue weighted by molar-refractivity contribution is 0.110. The number of nitrogens with one attached hydrogen (secondary N) is 1. The van der Waals surface area contributed by atoms with Crippen molar-refractivity contribution in [2.24, 2.45) is 5.92 Å². The molecular formula is C16H29N3O. The molecule has 1 saturated heterocycles. The zero-order valence-electron chi connectivity index (χ0n) is 13.6. The van der Waals surface area contributed by atoms with Crippen molar-refractivity contribution in [2.45, 2.75) is 66.1 Å². The van der Waals surface area contributed by atoms with Crippen LogP contribution in [0, 0.1) is 19.8 Å². The van der Waals surface area contributed by atoms with Gasteiger partial charge in [0.15, 0.2) is 0 Å². The smallest absolute Gasteiger partial charge is 0.138 e. The van der Waals surface area contributed by atoms with Crippen molar-refractivity contribution in [1.29, 1.82) is 0 Å². The Bertz CT molecular complexity index is 408. The lowest BCUT2D eigenvalue weighted by Gasteiger charge is -2.40. The van der Waals surface area contributed by atoms with Gasteiger partial charge in [0, 0.05) is 37.3 Å². The van der Waals surface area contributed by atoms with E-state index in [2.05, 4.69) is 36.1 Å². The molecule has 2 rings (SSSR count). The Balaban J connectivity index is 2.05. The second-order valence-corrected chi connectivity index (χ2v) is 6.53. The Hall–Kier alpha value is -0.870. The van der Waals surface area contributed by atoms with Crippen LogP contribution in [0.15, 0.2) is 4.52 Å². The van der Waals surface area contributed by atoms with E-state index >= 15 is 0 Å². The summed E-state index contributed by atoms with van der Waals surface area (Å²) in [6.07, 6.45) is 2.43. The molecule has 1 fully saturated rings. The van der Waals surface area contributed by atoms with Crippen molar-refractivity contribution in [3.05, 3.63) is 17.0 Å². The van der Waals surface area contributed by atoms with Crippen molar-refractivity contribution < 1.29 is 4.52 Å². The van der Waals surface area contributed by atoms with Gasteiger partial charge in [0.05, 0.1) is 5.69 Å². The first-order valence-electron chi connectivity index (χ1n) is 7.90. The highest BCUT2D eigenvalue weighted by atomic mass is 16.5. The van der Waals surface area contributed by atoms with Crippen LogP contribution in [0.4, 0.5) is 0 Å². The largest absolute Gasteiger partial charge is 0.361 e. The third kappa shape index (κ3) is 3.61. The summed E-state index contributed by atoms with van der Waals surface area (Å²) in [4.78, 5) is 2.61. The van der Waals surface area contributed by atoms with Crippen molar-refractivity contribution in [2.75, 3.05) is 13.1 Å². The summed E-state index contributed by atoms with van der Waals surface area (Å²) in [6.45, 7) is 14.1. The van der Waals surface area contributed by atoms with E-state index in [1.54, 1.807) is 0 Å². The van der Waals surface area contributed by atoms with Gasteiger partial charge < -0.3 is 9.84 Å². The van der Waals surface area contributed by atoms with Crippen molar-refractivity contribution >= 4 is 0 Å². The molecule has 4 heteroatoms. The minimum atomic E-state index is 0.610. The van der Waals surface area contributed by atoms with Crippen LogP contribution in [0.3, 0.4) is 0 Å². The van der Waals surface area contributed by atoms with E-state index in [1.165, 1.54) is 18.4 Å². The van der Waals surface area contributed by atoms with E-state index in [4.69, 9.17) is 4.52 Å². The predicted octanol–water partition coefficient (Wildman–Crippen LogP) is 2.89. The number of aromatic nitrogens is 1. The summed E-state index contributed by atoms with van der Waals surface area (Å²) in [5, 5.41) is 7.79. The van der Waals surface area contributed by atoms with Crippen LogP contribution in [-0.4, -0.2) is 35.2 Å². The molecule has 1 aromatic rings. The summed E-state index contributed by atoms with van der Waals surface area (Å²) >= 11 is 0. The molecule has 4 nitrogen and oxygen atoms in total. The number of hydrogen-bond donors (Lipinski definition) is 1. The summed E-state index contributed by atoms with van der Waals surface area (Å²) < 4.78 is 5.30. The van der Waals surface area contributed by atoms with Gasteiger partial charge in [-0.1, -0.05) is 25.9 Å². The molecule has 0 aliphatic carbocycles. The third-order valence-electron chi connectivity index (χ3n) is 4.38. The Morgan fingerprint density at radius 2 is 2.15 bits per heavy atom. The van der Waals surface area contributed by atoms with E-state index in [0.29, 0.717) is 12.1 Å². The maximum atomic E-state index is 5.30. The van der Waals surface area contributed by atoms with Gasteiger partial charge in [-0.15, -0.1) is 0 Å². The van der Waals surface area contributed by atoms with Crippen LogP contribution in [0.5, 0.6) is 0 Å². The molecule has 1 N–H and O–H groups in total. The topological polar surface area (TPSA) is 41.3 Å². The van der Waals surface area contributed by atoms with E-state index in [1.807, 2.05) is 13.8 Å². The van der Waals surface area contributed by atoms with Crippen LogP contribution in [0.25, 0.3) is 0 Å². The average Bonchev–Trinajstić information content (AvgIpc) is 2.70. The molecule has 1 aromatic heterocycles. The maximum Gasteiger partial charge on any atom is 0.138 e. The average molecular weight is 279 g/mol. The Morgan fingerprint density at radius 3 is 2.70 bits per heavy atom. The third-order valence-corrected chi connectivity index (χ3v) is 4.38. The predicted molar refractivity (Wildman–Crippen MR) is 81.7 cm³/mol. The second kappa shape index (κ2) is 6.72. The molecular weight excluding hydrogens is 250 g/mol. The zero-order valence-corrected chi connectivity index (χ0v) is 13.6. The van der Waals surface area contributed by atoms with Crippen LogP contribution in [0.2, 0.25) is 0 Å². The minimum Gasteiger partial charge on any atom is -0.361 e. The molecule has 0 radical (unpaired) electrons. The van der Waals surface area contributed by atoms with Gasteiger partial charge in [0.25, 0.3) is 0 Å². The fourth-order valence-electron chi connectivity index (χ4n) is 3.18. The first kappa shape index (κ1) is 15.5. The molecule has 20 heavy (non-hydrogen) atoms. The van der Waals surface area contributed by atoms with Gasteiger partial charge in [0.1, 0.15) is 5.76 Å². The van der Waals surface area contributed by atoms with E-state index in [9.17, 15) is 0 Å². The van der Waals surface area contributed by atoms with E-state index in [-0.39, 0.29) is 0 Å². The lowest BCUT2D eigenvalue weighted by atomic mass is 9.98. The van der Waals surface area contributed by atoms with Gasteiger partial charge in [-0.05, 0) is 32.6 Å². The molecule has 2 atom stereocenters.